The molecular weight excluding hydrogens is 262 g/mol. The van der Waals surface area contributed by atoms with Crippen LogP contribution < -0.4 is 5.73 Å². The highest BCUT2D eigenvalue weighted by Crippen LogP contribution is 2.38. The molecule has 0 saturated heterocycles. The van der Waals surface area contributed by atoms with Gasteiger partial charge >= 0.3 is 0 Å². The van der Waals surface area contributed by atoms with Crippen LogP contribution in [-0.2, 0) is 0 Å². The molecule has 1 heterocycles. The first-order valence-electron chi connectivity index (χ1n) is 7.70. The minimum Gasteiger partial charge on any atom is -0.399 e. The second-order valence-electron chi connectivity index (χ2n) is 6.48. The van der Waals surface area contributed by atoms with Crippen LogP contribution >= 0.6 is 0 Å². The zero-order chi connectivity index (χ0) is 15.0. The maximum atomic E-state index is 5.84. The smallest absolute Gasteiger partial charge is 0.182 e. The summed E-state index contributed by atoms with van der Waals surface area (Å²) in [5, 5.41) is 12.5. The molecule has 2 N–H and O–H groups in total. The molecule has 1 fully saturated rings. The number of aryl methyl sites for hydroxylation is 1. The van der Waals surface area contributed by atoms with Gasteiger partial charge in [-0.05, 0) is 72.2 Å². The van der Waals surface area contributed by atoms with Gasteiger partial charge in [0.2, 0.25) is 0 Å². The molecule has 1 saturated carbocycles. The predicted molar refractivity (Wildman–Crippen MR) is 83.6 cm³/mol. The van der Waals surface area contributed by atoms with Gasteiger partial charge in [-0.25, -0.2) is 4.68 Å². The lowest BCUT2D eigenvalue weighted by Crippen LogP contribution is -2.26. The Labute approximate surface area is 125 Å². The summed E-state index contributed by atoms with van der Waals surface area (Å²) in [5.41, 5.74) is 8.80. The van der Waals surface area contributed by atoms with Gasteiger partial charge in [-0.3, -0.25) is 0 Å². The van der Waals surface area contributed by atoms with Crippen molar-refractivity contribution < 1.29 is 0 Å². The molecule has 0 aliphatic heterocycles. The highest BCUT2D eigenvalue weighted by atomic mass is 15.5. The van der Waals surface area contributed by atoms with E-state index in [2.05, 4.69) is 36.3 Å². The molecule has 0 spiro atoms. The Balaban J connectivity index is 1.97. The molecule has 1 aromatic carbocycles. The summed E-state index contributed by atoms with van der Waals surface area (Å²) in [6.45, 7) is 6.69. The molecule has 1 aliphatic rings. The molecule has 3 atom stereocenters. The first kappa shape index (κ1) is 14.0. The number of nitrogens with two attached hydrogens (primary N) is 1. The van der Waals surface area contributed by atoms with Crippen LogP contribution in [0.1, 0.15) is 44.7 Å². The SMILES string of the molecule is Cc1cc(N)ccc1-c1nnnn1C1CCC(C)CC1C. The van der Waals surface area contributed by atoms with Crippen molar-refractivity contribution in [3.63, 3.8) is 0 Å². The van der Waals surface area contributed by atoms with Crippen molar-refractivity contribution in [2.75, 3.05) is 5.73 Å². The Kier molecular flexibility index (Phi) is 3.66. The van der Waals surface area contributed by atoms with E-state index in [1.165, 1.54) is 12.8 Å². The van der Waals surface area contributed by atoms with Gasteiger partial charge in [0.1, 0.15) is 0 Å². The van der Waals surface area contributed by atoms with Crippen molar-refractivity contribution in [2.24, 2.45) is 11.8 Å². The van der Waals surface area contributed by atoms with Crippen molar-refractivity contribution in [1.82, 2.24) is 20.2 Å². The van der Waals surface area contributed by atoms with E-state index in [4.69, 9.17) is 5.73 Å². The van der Waals surface area contributed by atoms with Gasteiger partial charge in [-0.2, -0.15) is 0 Å². The van der Waals surface area contributed by atoms with Crippen molar-refractivity contribution in [3.8, 4) is 11.4 Å². The zero-order valence-electron chi connectivity index (χ0n) is 13.0. The first-order chi connectivity index (χ1) is 10.1. The summed E-state index contributed by atoms with van der Waals surface area (Å²) in [6.07, 6.45) is 3.63. The molecular formula is C16H23N5. The van der Waals surface area contributed by atoms with Crippen LogP contribution in [-0.4, -0.2) is 20.2 Å². The summed E-state index contributed by atoms with van der Waals surface area (Å²) in [6, 6.07) is 6.29. The van der Waals surface area contributed by atoms with E-state index in [9.17, 15) is 0 Å². The van der Waals surface area contributed by atoms with Gasteiger partial charge in [0.25, 0.3) is 0 Å². The van der Waals surface area contributed by atoms with Crippen molar-refractivity contribution in [2.45, 2.75) is 46.1 Å². The summed E-state index contributed by atoms with van der Waals surface area (Å²) < 4.78 is 2.02. The van der Waals surface area contributed by atoms with Crippen LogP contribution in [0.3, 0.4) is 0 Å². The second-order valence-corrected chi connectivity index (χ2v) is 6.48. The molecule has 5 heteroatoms. The molecule has 1 aromatic heterocycles. The standard InChI is InChI=1S/C16H23N5/c1-10-4-7-15(12(3)8-10)21-16(18-19-20-21)14-6-5-13(17)9-11(14)2/h5-6,9-10,12,15H,4,7-8,17H2,1-3H3. The van der Waals surface area contributed by atoms with Crippen LogP contribution in [0.2, 0.25) is 0 Å². The molecule has 112 valence electrons. The minimum absolute atomic E-state index is 0.392. The lowest BCUT2D eigenvalue weighted by atomic mass is 9.80. The van der Waals surface area contributed by atoms with Gasteiger partial charge in [-0.1, -0.05) is 13.8 Å². The summed E-state index contributed by atoms with van der Waals surface area (Å²) in [4.78, 5) is 0. The highest BCUT2D eigenvalue weighted by Gasteiger charge is 2.29. The number of hydrogen-bond acceptors (Lipinski definition) is 4. The van der Waals surface area contributed by atoms with Crippen LogP contribution in [0, 0.1) is 18.8 Å². The van der Waals surface area contributed by atoms with Crippen molar-refractivity contribution in [3.05, 3.63) is 23.8 Å². The second kappa shape index (κ2) is 5.47. The normalized spacial score (nSPS) is 26.0. The van der Waals surface area contributed by atoms with E-state index in [0.717, 1.165) is 35.0 Å². The average Bonchev–Trinajstić information content (AvgIpc) is 2.87. The van der Waals surface area contributed by atoms with E-state index in [-0.39, 0.29) is 0 Å². The average molecular weight is 285 g/mol. The summed E-state index contributed by atoms with van der Waals surface area (Å²) in [5.74, 6) is 2.26. The number of anilines is 1. The largest absolute Gasteiger partial charge is 0.399 e. The van der Waals surface area contributed by atoms with E-state index in [1.54, 1.807) is 0 Å². The first-order valence-corrected chi connectivity index (χ1v) is 7.70. The van der Waals surface area contributed by atoms with Crippen LogP contribution in [0.25, 0.3) is 11.4 Å². The monoisotopic (exact) mass is 285 g/mol. The number of nitrogens with zero attached hydrogens (tertiary/aromatic N) is 4. The fraction of sp³-hybridized carbons (Fsp3) is 0.562. The number of hydrogen-bond donors (Lipinski definition) is 1. The van der Waals surface area contributed by atoms with Gasteiger partial charge in [0.05, 0.1) is 6.04 Å². The molecule has 1 aliphatic carbocycles. The van der Waals surface area contributed by atoms with E-state index in [0.29, 0.717) is 12.0 Å². The number of rotatable bonds is 2. The van der Waals surface area contributed by atoms with Crippen molar-refractivity contribution >= 4 is 5.69 Å². The van der Waals surface area contributed by atoms with Gasteiger partial charge in [-0.15, -0.1) is 5.10 Å². The van der Waals surface area contributed by atoms with E-state index in [1.807, 2.05) is 22.9 Å². The Morgan fingerprint density at radius 3 is 2.76 bits per heavy atom. The fourth-order valence-electron chi connectivity index (χ4n) is 3.54. The maximum absolute atomic E-state index is 5.84. The molecule has 0 amide bonds. The number of tetrazole rings is 1. The minimum atomic E-state index is 0.392. The number of nitrogen functional groups attached to an aromatic ring is 1. The molecule has 3 rings (SSSR count). The van der Waals surface area contributed by atoms with E-state index >= 15 is 0 Å². The maximum Gasteiger partial charge on any atom is 0.182 e. The third-order valence-electron chi connectivity index (χ3n) is 4.68. The lowest BCUT2D eigenvalue weighted by Gasteiger charge is -2.32. The van der Waals surface area contributed by atoms with E-state index < -0.39 is 0 Å². The quantitative estimate of drug-likeness (QED) is 0.860. The molecule has 2 aromatic rings. The predicted octanol–water partition coefficient (Wildman–Crippen LogP) is 3.23. The van der Waals surface area contributed by atoms with Crippen LogP contribution in [0.15, 0.2) is 18.2 Å². The molecule has 5 nitrogen and oxygen atoms in total. The Bertz CT molecular complexity index is 633. The highest BCUT2D eigenvalue weighted by molar-refractivity contribution is 5.63. The topological polar surface area (TPSA) is 69.6 Å². The van der Waals surface area contributed by atoms with Gasteiger partial charge < -0.3 is 5.73 Å². The van der Waals surface area contributed by atoms with Gasteiger partial charge in [0, 0.05) is 11.3 Å². The summed E-state index contributed by atoms with van der Waals surface area (Å²) in [7, 11) is 0. The third kappa shape index (κ3) is 2.64. The Morgan fingerprint density at radius 1 is 1.24 bits per heavy atom. The molecule has 21 heavy (non-hydrogen) atoms. The van der Waals surface area contributed by atoms with Gasteiger partial charge in [0.15, 0.2) is 5.82 Å². The fourth-order valence-corrected chi connectivity index (χ4v) is 3.54. The van der Waals surface area contributed by atoms with Crippen LogP contribution in [0.5, 0.6) is 0 Å². The number of aromatic nitrogens is 4. The zero-order valence-corrected chi connectivity index (χ0v) is 13.0. The van der Waals surface area contributed by atoms with Crippen LogP contribution in [0.4, 0.5) is 5.69 Å². The molecule has 0 bridgehead atoms. The van der Waals surface area contributed by atoms with Crippen molar-refractivity contribution in [1.29, 1.82) is 0 Å². The Morgan fingerprint density at radius 2 is 2.05 bits per heavy atom. The molecule has 3 unspecified atom stereocenters. The third-order valence-corrected chi connectivity index (χ3v) is 4.68. The molecule has 0 radical (unpaired) electrons. The summed E-state index contributed by atoms with van der Waals surface area (Å²) >= 11 is 0. The lowest BCUT2D eigenvalue weighted by molar-refractivity contribution is 0.194. The number of benzene rings is 1. The Hall–Kier alpha value is -1.91.